The van der Waals surface area contributed by atoms with Gasteiger partial charge in [0.25, 0.3) is 0 Å². The van der Waals surface area contributed by atoms with Gasteiger partial charge in [-0.3, -0.25) is 19.6 Å². The van der Waals surface area contributed by atoms with E-state index in [1.165, 1.54) is 0 Å². The SMILES string of the molecule is C=CC(C)(C(=O)OCC)C1CCOC1.CCOC(=O)C(C)(/C=C/c1ccc2ccc([C@@H](C)O[Si](C)(C)C(C)(C)C)nc2c1)C1CCOC1.C[C@@H](O[Si](C)(C)C(C)(C)C)c1ccc2ccc(Br)cc2n1. The molecule has 380 valence electrons. The Balaban J connectivity index is 0.000000251. The van der Waals surface area contributed by atoms with Gasteiger partial charge >= 0.3 is 11.9 Å². The zero-order chi connectivity index (χ0) is 51.6. The molecular weight excluding hydrogens is 965 g/mol. The molecule has 4 unspecified atom stereocenters. The molecule has 13 heteroatoms. The number of nitrogens with zero attached hydrogens (tertiary/aromatic N) is 2. The second-order valence-corrected chi connectivity index (χ2v) is 32.4. The van der Waals surface area contributed by atoms with Crippen LogP contribution in [0.4, 0.5) is 0 Å². The van der Waals surface area contributed by atoms with Crippen molar-refractivity contribution >= 4 is 72.4 Å². The van der Waals surface area contributed by atoms with Crippen LogP contribution in [0.5, 0.6) is 0 Å². The molecule has 2 aromatic heterocycles. The Labute approximate surface area is 425 Å². The number of aromatic nitrogens is 2. The number of fused-ring (bicyclic) bond motifs is 2. The molecule has 69 heavy (non-hydrogen) atoms. The Bertz CT molecular complexity index is 2380. The molecule has 0 amide bonds. The fourth-order valence-corrected chi connectivity index (χ4v) is 10.9. The molecule has 2 aromatic carbocycles. The Hall–Kier alpha value is -3.57. The number of carbonyl (C=O) groups excluding carboxylic acids is 2. The first-order valence-electron chi connectivity index (χ1n) is 24.8. The first-order chi connectivity index (χ1) is 32.1. The normalized spacial score (nSPS) is 19.4. The minimum absolute atomic E-state index is 0.0225. The summed E-state index contributed by atoms with van der Waals surface area (Å²) in [6.07, 6.45) is 7.39. The van der Waals surface area contributed by atoms with E-state index in [2.05, 4.69) is 159 Å². The fraction of sp³-hybridized carbons (Fsp3) is 0.571. The number of esters is 2. The second-order valence-electron chi connectivity index (χ2n) is 22.0. The van der Waals surface area contributed by atoms with E-state index in [1.54, 1.807) is 6.08 Å². The molecule has 0 aliphatic carbocycles. The number of carbonyl (C=O) groups is 2. The summed E-state index contributed by atoms with van der Waals surface area (Å²) in [6, 6.07) is 20.8. The Morgan fingerprint density at radius 3 is 1.54 bits per heavy atom. The van der Waals surface area contributed by atoms with Gasteiger partial charge in [-0.1, -0.05) is 106 Å². The highest BCUT2D eigenvalue weighted by molar-refractivity contribution is 9.10. The van der Waals surface area contributed by atoms with E-state index in [4.69, 9.17) is 37.8 Å². The first-order valence-corrected chi connectivity index (χ1v) is 31.4. The standard InChI is InChI=1S/C28H41NO4Si.C17H24BrNOSi.C11H18O3/c1-9-32-26(30)28(6,23-15-17-31-19-23)16-14-21-10-11-22-12-13-24(29-25(22)18-21)20(2)33-34(7,8)27(3,4)5;1-12(20-21(5,6)17(2,3)4)15-10-8-13-7-9-14(18)11-16(13)19-15;1-4-11(3,10(12)14-5-2)9-6-7-13-8-9/h10-14,16,18,20,23H,9,15,17,19H2,1-8H3;7-12H,1-6H3;4,9H,1,5-8H2,2-3H3/b16-14+;;/t20-,23?,28?;12-;/m11./s1. The third-order valence-corrected chi connectivity index (χ3v) is 24.4. The number of ether oxygens (including phenoxy) is 4. The summed E-state index contributed by atoms with van der Waals surface area (Å²) < 4.78 is 35.4. The average Bonchev–Trinajstić information content (AvgIpc) is 4.04. The molecule has 10 nitrogen and oxygen atoms in total. The van der Waals surface area contributed by atoms with E-state index in [0.29, 0.717) is 33.0 Å². The Morgan fingerprint density at radius 2 is 1.12 bits per heavy atom. The second kappa shape index (κ2) is 24.2. The number of pyridine rings is 2. The van der Waals surface area contributed by atoms with Gasteiger partial charge in [0.15, 0.2) is 16.6 Å². The van der Waals surface area contributed by atoms with Gasteiger partial charge in [-0.25, -0.2) is 0 Å². The van der Waals surface area contributed by atoms with E-state index < -0.39 is 27.5 Å². The third-order valence-electron chi connectivity index (χ3n) is 14.8. The highest BCUT2D eigenvalue weighted by Gasteiger charge is 2.44. The molecule has 2 fully saturated rings. The van der Waals surface area contributed by atoms with Crippen LogP contribution in [0.1, 0.15) is 125 Å². The summed E-state index contributed by atoms with van der Waals surface area (Å²) in [5, 5.41) is 2.59. The van der Waals surface area contributed by atoms with Gasteiger partial charge in [0.05, 0.1) is 71.9 Å². The van der Waals surface area contributed by atoms with Crippen molar-refractivity contribution in [3.8, 4) is 0 Å². The number of rotatable bonds is 15. The van der Waals surface area contributed by atoms with Crippen LogP contribution < -0.4 is 0 Å². The van der Waals surface area contributed by atoms with E-state index in [1.807, 2.05) is 45.9 Å². The molecule has 0 spiro atoms. The molecule has 2 aliphatic heterocycles. The lowest BCUT2D eigenvalue weighted by atomic mass is 9.76. The molecule has 4 heterocycles. The monoisotopic (exact) mass is 1050 g/mol. The highest BCUT2D eigenvalue weighted by atomic mass is 79.9. The van der Waals surface area contributed by atoms with Crippen LogP contribution in [0, 0.1) is 22.7 Å². The minimum atomic E-state index is -1.90. The number of hydrogen-bond donors (Lipinski definition) is 0. The lowest BCUT2D eigenvalue weighted by molar-refractivity contribution is -0.155. The Kier molecular flexibility index (Phi) is 20.4. The van der Waals surface area contributed by atoms with Gasteiger partial charge in [-0.2, -0.15) is 0 Å². The molecule has 2 aliphatic rings. The molecule has 0 radical (unpaired) electrons. The van der Waals surface area contributed by atoms with Crippen molar-refractivity contribution < 1.29 is 37.4 Å². The molecule has 2 saturated heterocycles. The van der Waals surface area contributed by atoms with Crippen LogP contribution in [-0.4, -0.2) is 78.2 Å². The maximum Gasteiger partial charge on any atom is 0.316 e. The number of benzene rings is 2. The van der Waals surface area contributed by atoms with Crippen LogP contribution in [0.25, 0.3) is 27.9 Å². The van der Waals surface area contributed by atoms with Crippen molar-refractivity contribution in [1.82, 2.24) is 9.97 Å². The van der Waals surface area contributed by atoms with Crippen molar-refractivity contribution in [2.45, 2.75) is 144 Å². The molecule has 6 rings (SSSR count). The van der Waals surface area contributed by atoms with Gasteiger partial charge in [-0.05, 0) is 127 Å². The van der Waals surface area contributed by atoms with Gasteiger partial charge in [0.1, 0.15) is 0 Å². The Morgan fingerprint density at radius 1 is 0.696 bits per heavy atom. The van der Waals surface area contributed by atoms with Crippen LogP contribution in [0.15, 0.2) is 83.9 Å². The van der Waals surface area contributed by atoms with Crippen molar-refractivity contribution in [3.05, 3.63) is 101 Å². The molecule has 0 bridgehead atoms. The first kappa shape index (κ1) is 58.0. The lowest BCUT2D eigenvalue weighted by Gasteiger charge is -2.38. The molecular formula is C56H83BrN2O8Si2. The summed E-state index contributed by atoms with van der Waals surface area (Å²) in [5.41, 5.74) is 3.57. The van der Waals surface area contributed by atoms with Gasteiger partial charge in [0, 0.05) is 40.3 Å². The quantitative estimate of drug-likeness (QED) is 0.0647. The van der Waals surface area contributed by atoms with Crippen LogP contribution in [-0.2, 0) is 37.4 Å². The van der Waals surface area contributed by atoms with E-state index in [9.17, 15) is 9.59 Å². The van der Waals surface area contributed by atoms with Crippen molar-refractivity contribution in [1.29, 1.82) is 0 Å². The maximum atomic E-state index is 12.8. The van der Waals surface area contributed by atoms with Crippen molar-refractivity contribution in [2.75, 3.05) is 39.6 Å². The smallest absolute Gasteiger partial charge is 0.316 e. The zero-order valence-electron chi connectivity index (χ0n) is 44.7. The van der Waals surface area contributed by atoms with Crippen LogP contribution >= 0.6 is 15.9 Å². The van der Waals surface area contributed by atoms with Crippen molar-refractivity contribution in [3.63, 3.8) is 0 Å². The minimum Gasteiger partial charge on any atom is -0.465 e. The third kappa shape index (κ3) is 15.0. The summed E-state index contributed by atoms with van der Waals surface area (Å²) in [7, 11) is -3.68. The van der Waals surface area contributed by atoms with Gasteiger partial charge < -0.3 is 27.8 Å². The molecule has 4 aromatic rings. The topological polar surface area (TPSA) is 115 Å². The summed E-state index contributed by atoms with van der Waals surface area (Å²) in [5.74, 6) is -0.0644. The van der Waals surface area contributed by atoms with E-state index in [-0.39, 0.29) is 46.1 Å². The number of halogens is 1. The summed E-state index contributed by atoms with van der Waals surface area (Å²) >= 11 is 3.50. The molecule has 0 N–H and O–H groups in total. The molecule has 0 saturated carbocycles. The number of hydrogen-bond acceptors (Lipinski definition) is 10. The summed E-state index contributed by atoms with van der Waals surface area (Å²) in [4.78, 5) is 34.3. The van der Waals surface area contributed by atoms with Crippen LogP contribution in [0.3, 0.4) is 0 Å². The predicted molar refractivity (Wildman–Crippen MR) is 291 cm³/mol. The van der Waals surface area contributed by atoms with Crippen molar-refractivity contribution in [2.24, 2.45) is 22.7 Å². The van der Waals surface area contributed by atoms with E-state index >= 15 is 0 Å². The van der Waals surface area contributed by atoms with E-state index in [0.717, 1.165) is 62.7 Å². The largest absolute Gasteiger partial charge is 0.465 e. The average molecular weight is 1050 g/mol. The zero-order valence-corrected chi connectivity index (χ0v) is 48.3. The van der Waals surface area contributed by atoms with Gasteiger partial charge in [0.2, 0.25) is 0 Å². The van der Waals surface area contributed by atoms with Gasteiger partial charge in [-0.15, -0.1) is 6.58 Å². The predicted octanol–water partition coefficient (Wildman–Crippen LogP) is 14.8. The van der Waals surface area contributed by atoms with Crippen LogP contribution in [0.2, 0.25) is 36.3 Å². The highest BCUT2D eigenvalue weighted by Crippen LogP contribution is 2.42. The summed E-state index contributed by atoms with van der Waals surface area (Å²) in [6.45, 7) is 41.4. The maximum absolute atomic E-state index is 12.8. The molecule has 6 atom stereocenters. The fourth-order valence-electron chi connectivity index (χ4n) is 7.82. The lowest BCUT2D eigenvalue weighted by Crippen LogP contribution is -2.41.